The summed E-state index contributed by atoms with van der Waals surface area (Å²) in [6.07, 6.45) is 13.7. The number of hydrogen-bond acceptors (Lipinski definition) is 0. The highest BCUT2D eigenvalue weighted by Gasteiger charge is 2.29. The second kappa shape index (κ2) is 5.37. The zero-order valence-electron chi connectivity index (χ0n) is 10.7. The van der Waals surface area contributed by atoms with E-state index in [1.54, 1.807) is 25.7 Å². The van der Waals surface area contributed by atoms with Crippen LogP contribution in [0, 0.1) is 23.7 Å². The van der Waals surface area contributed by atoms with E-state index in [2.05, 4.69) is 13.8 Å². The van der Waals surface area contributed by atoms with Crippen molar-refractivity contribution in [1.29, 1.82) is 0 Å². The van der Waals surface area contributed by atoms with Gasteiger partial charge in [-0.05, 0) is 42.9 Å². The molecule has 2 aliphatic rings. The summed E-state index contributed by atoms with van der Waals surface area (Å²) in [5.74, 6) is 4.26. The Morgan fingerprint density at radius 1 is 0.867 bits per heavy atom. The lowest BCUT2D eigenvalue weighted by molar-refractivity contribution is 0.277. The Morgan fingerprint density at radius 3 is 2.27 bits per heavy atom. The van der Waals surface area contributed by atoms with Crippen molar-refractivity contribution in [2.24, 2.45) is 23.7 Å². The van der Waals surface area contributed by atoms with Gasteiger partial charge in [0.25, 0.3) is 0 Å². The van der Waals surface area contributed by atoms with E-state index in [0.29, 0.717) is 0 Å². The molecule has 0 heteroatoms. The van der Waals surface area contributed by atoms with E-state index in [-0.39, 0.29) is 0 Å². The van der Waals surface area contributed by atoms with Crippen molar-refractivity contribution in [3.05, 3.63) is 0 Å². The van der Waals surface area contributed by atoms with Crippen LogP contribution in [-0.4, -0.2) is 0 Å². The van der Waals surface area contributed by atoms with Gasteiger partial charge in [-0.2, -0.15) is 0 Å². The predicted molar refractivity (Wildman–Crippen MR) is 66.9 cm³/mol. The molecule has 2 saturated carbocycles. The summed E-state index contributed by atoms with van der Waals surface area (Å²) in [4.78, 5) is 0. The van der Waals surface area contributed by atoms with E-state index < -0.39 is 0 Å². The zero-order valence-corrected chi connectivity index (χ0v) is 10.7. The molecule has 0 heterocycles. The Labute approximate surface area is 95.8 Å². The maximum absolute atomic E-state index is 2.50. The molecule has 0 aliphatic heterocycles. The van der Waals surface area contributed by atoms with Gasteiger partial charge in [0.05, 0.1) is 0 Å². The lowest BCUT2D eigenvalue weighted by atomic mass is 9.83. The van der Waals surface area contributed by atoms with Crippen molar-refractivity contribution in [2.75, 3.05) is 0 Å². The van der Waals surface area contributed by atoms with Gasteiger partial charge >= 0.3 is 0 Å². The van der Waals surface area contributed by atoms with Crippen LogP contribution in [0.3, 0.4) is 0 Å². The van der Waals surface area contributed by atoms with Crippen LogP contribution in [0.1, 0.15) is 71.6 Å². The highest BCUT2D eigenvalue weighted by molar-refractivity contribution is 4.81. The molecule has 0 radical (unpaired) electrons. The van der Waals surface area contributed by atoms with Crippen LogP contribution >= 0.6 is 0 Å². The minimum Gasteiger partial charge on any atom is -0.0651 e. The molecule has 0 bridgehead atoms. The molecule has 0 spiro atoms. The van der Waals surface area contributed by atoms with E-state index in [1.807, 2.05) is 0 Å². The maximum Gasteiger partial charge on any atom is -0.0383 e. The molecule has 0 saturated heterocycles. The van der Waals surface area contributed by atoms with Crippen LogP contribution in [0.25, 0.3) is 0 Å². The first-order valence-corrected chi connectivity index (χ1v) is 7.29. The van der Waals surface area contributed by atoms with Crippen LogP contribution in [0.4, 0.5) is 0 Å². The number of hydrogen-bond donors (Lipinski definition) is 0. The van der Waals surface area contributed by atoms with Gasteiger partial charge in [0, 0.05) is 0 Å². The van der Waals surface area contributed by atoms with Gasteiger partial charge in [0.1, 0.15) is 0 Å². The molecule has 2 aliphatic carbocycles. The Bertz CT molecular complexity index is 178. The fourth-order valence-electron chi connectivity index (χ4n) is 4.10. The Morgan fingerprint density at radius 2 is 1.60 bits per heavy atom. The fraction of sp³-hybridized carbons (Fsp3) is 1.00. The second-order valence-corrected chi connectivity index (χ2v) is 6.23. The van der Waals surface area contributed by atoms with Crippen LogP contribution in [0.15, 0.2) is 0 Å². The molecule has 15 heavy (non-hydrogen) atoms. The Hall–Kier alpha value is 0. The lowest BCUT2D eigenvalue weighted by Gasteiger charge is -2.23. The summed E-state index contributed by atoms with van der Waals surface area (Å²) < 4.78 is 0. The molecular weight excluding hydrogens is 180 g/mol. The van der Waals surface area contributed by atoms with E-state index in [1.165, 1.54) is 32.1 Å². The SMILES string of the molecule is CCC1CCC(C2CCCC2)CC(C)C1. The normalized spacial score (nSPS) is 39.2. The summed E-state index contributed by atoms with van der Waals surface area (Å²) in [5, 5.41) is 0. The summed E-state index contributed by atoms with van der Waals surface area (Å²) in [7, 11) is 0. The summed E-state index contributed by atoms with van der Waals surface area (Å²) >= 11 is 0. The molecule has 2 fully saturated rings. The molecule has 0 aromatic carbocycles. The van der Waals surface area contributed by atoms with E-state index in [9.17, 15) is 0 Å². The van der Waals surface area contributed by atoms with Crippen LogP contribution in [0.5, 0.6) is 0 Å². The average Bonchev–Trinajstić information content (AvgIpc) is 2.69. The summed E-state index contributed by atoms with van der Waals surface area (Å²) in [6.45, 7) is 4.88. The molecule has 0 aromatic heterocycles. The largest absolute Gasteiger partial charge is 0.0651 e. The van der Waals surface area contributed by atoms with Gasteiger partial charge in [-0.15, -0.1) is 0 Å². The first kappa shape index (κ1) is 11.5. The summed E-state index contributed by atoms with van der Waals surface area (Å²) in [6, 6.07) is 0. The topological polar surface area (TPSA) is 0 Å². The van der Waals surface area contributed by atoms with Gasteiger partial charge in [-0.25, -0.2) is 0 Å². The molecule has 2 rings (SSSR count). The predicted octanol–water partition coefficient (Wildman–Crippen LogP) is 5.03. The van der Waals surface area contributed by atoms with Gasteiger partial charge in [0.2, 0.25) is 0 Å². The first-order chi connectivity index (χ1) is 7.29. The monoisotopic (exact) mass is 208 g/mol. The van der Waals surface area contributed by atoms with E-state index in [0.717, 1.165) is 23.7 Å². The minimum absolute atomic E-state index is 1.00. The van der Waals surface area contributed by atoms with Gasteiger partial charge in [0.15, 0.2) is 0 Å². The van der Waals surface area contributed by atoms with E-state index in [4.69, 9.17) is 0 Å². The van der Waals surface area contributed by atoms with Crippen molar-refractivity contribution in [1.82, 2.24) is 0 Å². The van der Waals surface area contributed by atoms with E-state index >= 15 is 0 Å². The van der Waals surface area contributed by atoms with Crippen molar-refractivity contribution < 1.29 is 0 Å². The molecule has 3 unspecified atom stereocenters. The second-order valence-electron chi connectivity index (χ2n) is 6.23. The zero-order chi connectivity index (χ0) is 10.7. The Balaban J connectivity index is 1.90. The highest BCUT2D eigenvalue weighted by Crippen LogP contribution is 2.41. The minimum atomic E-state index is 1.00. The van der Waals surface area contributed by atoms with Crippen molar-refractivity contribution in [2.45, 2.75) is 71.6 Å². The quantitative estimate of drug-likeness (QED) is 0.558. The smallest absolute Gasteiger partial charge is 0.0383 e. The fourth-order valence-corrected chi connectivity index (χ4v) is 4.10. The summed E-state index contributed by atoms with van der Waals surface area (Å²) in [5.41, 5.74) is 0. The molecule has 88 valence electrons. The maximum atomic E-state index is 2.50. The third kappa shape index (κ3) is 2.98. The van der Waals surface area contributed by atoms with Crippen molar-refractivity contribution >= 4 is 0 Å². The first-order valence-electron chi connectivity index (χ1n) is 7.29. The van der Waals surface area contributed by atoms with Crippen LogP contribution < -0.4 is 0 Å². The van der Waals surface area contributed by atoms with Crippen LogP contribution in [0.2, 0.25) is 0 Å². The van der Waals surface area contributed by atoms with Gasteiger partial charge < -0.3 is 0 Å². The molecule has 0 nitrogen and oxygen atoms in total. The van der Waals surface area contributed by atoms with Crippen molar-refractivity contribution in [3.63, 3.8) is 0 Å². The average molecular weight is 208 g/mol. The lowest BCUT2D eigenvalue weighted by Crippen LogP contribution is -2.13. The van der Waals surface area contributed by atoms with Gasteiger partial charge in [-0.1, -0.05) is 52.4 Å². The standard InChI is InChI=1S/C15H28/c1-3-13-8-9-15(11-12(2)10-13)14-6-4-5-7-14/h12-15H,3-11H2,1-2H3. The molecule has 0 amide bonds. The third-order valence-corrected chi connectivity index (χ3v) is 5.03. The number of rotatable bonds is 2. The molecule has 3 atom stereocenters. The Kier molecular flexibility index (Phi) is 4.11. The third-order valence-electron chi connectivity index (χ3n) is 5.03. The molecule has 0 N–H and O–H groups in total. The van der Waals surface area contributed by atoms with Crippen LogP contribution in [-0.2, 0) is 0 Å². The van der Waals surface area contributed by atoms with Gasteiger partial charge in [-0.3, -0.25) is 0 Å². The van der Waals surface area contributed by atoms with Crippen molar-refractivity contribution in [3.8, 4) is 0 Å². The molecule has 0 aromatic rings. The highest BCUT2D eigenvalue weighted by atomic mass is 14.3. The molecular formula is C15H28.